The maximum absolute atomic E-state index is 9.07. The fourth-order valence-corrected chi connectivity index (χ4v) is 2.89. The van der Waals surface area contributed by atoms with Crippen molar-refractivity contribution in [3.05, 3.63) is 29.8 Å². The van der Waals surface area contributed by atoms with Gasteiger partial charge in [-0.3, -0.25) is 4.90 Å². The van der Waals surface area contributed by atoms with Gasteiger partial charge in [0, 0.05) is 37.9 Å². The number of nitrogens with zero attached hydrogens (tertiary/aromatic N) is 2. The highest BCUT2D eigenvalue weighted by Gasteiger charge is 2.18. The third-order valence-electron chi connectivity index (χ3n) is 4.12. The Morgan fingerprint density at radius 2 is 2.00 bits per heavy atom. The Balaban J connectivity index is 2.11. The molecule has 0 saturated carbocycles. The molecule has 1 atom stereocenters. The normalized spacial score (nSPS) is 18.9. The van der Waals surface area contributed by atoms with Gasteiger partial charge in [0.15, 0.2) is 0 Å². The van der Waals surface area contributed by atoms with E-state index in [0.29, 0.717) is 0 Å². The van der Waals surface area contributed by atoms with Crippen molar-refractivity contribution in [3.8, 4) is 0 Å². The van der Waals surface area contributed by atoms with Gasteiger partial charge in [-0.25, -0.2) is 0 Å². The van der Waals surface area contributed by atoms with Crippen LogP contribution in [0.1, 0.15) is 31.4 Å². The number of nitrogens with two attached hydrogens (primary N) is 1. The Morgan fingerprint density at radius 3 is 2.75 bits per heavy atom. The van der Waals surface area contributed by atoms with E-state index >= 15 is 0 Å². The third-order valence-corrected chi connectivity index (χ3v) is 4.12. The van der Waals surface area contributed by atoms with Gasteiger partial charge in [-0.1, -0.05) is 25.1 Å². The molecule has 1 aliphatic rings. The van der Waals surface area contributed by atoms with Gasteiger partial charge >= 0.3 is 0 Å². The van der Waals surface area contributed by atoms with E-state index < -0.39 is 0 Å². The lowest BCUT2D eigenvalue weighted by Crippen LogP contribution is -2.33. The summed E-state index contributed by atoms with van der Waals surface area (Å²) in [6.45, 7) is 7.31. The molecule has 4 heteroatoms. The van der Waals surface area contributed by atoms with Gasteiger partial charge in [-0.05, 0) is 31.0 Å². The Morgan fingerprint density at radius 1 is 1.20 bits per heavy atom. The molecule has 0 bridgehead atoms. The predicted molar refractivity (Wildman–Crippen MR) is 84.0 cm³/mol. The first-order chi connectivity index (χ1) is 9.76. The SMILES string of the molecule is CC[C@@H](N)c1ccccc1N1CCCN(CCO)CC1. The van der Waals surface area contributed by atoms with Gasteiger partial charge in [0.1, 0.15) is 0 Å². The molecular formula is C16H27N3O. The number of para-hydroxylation sites is 1. The van der Waals surface area contributed by atoms with Crippen LogP contribution in [0.3, 0.4) is 0 Å². The second kappa shape index (κ2) is 7.62. The maximum Gasteiger partial charge on any atom is 0.0558 e. The van der Waals surface area contributed by atoms with Crippen LogP contribution in [0.25, 0.3) is 0 Å². The molecule has 3 N–H and O–H groups in total. The van der Waals surface area contributed by atoms with Crippen LogP contribution in [-0.4, -0.2) is 49.3 Å². The van der Waals surface area contributed by atoms with E-state index in [1.54, 1.807) is 0 Å². The molecule has 1 fully saturated rings. The lowest BCUT2D eigenvalue weighted by atomic mass is 10.0. The van der Waals surface area contributed by atoms with Crippen molar-refractivity contribution in [1.29, 1.82) is 0 Å². The van der Waals surface area contributed by atoms with Gasteiger partial charge in [-0.15, -0.1) is 0 Å². The molecule has 0 aromatic heterocycles. The van der Waals surface area contributed by atoms with E-state index in [0.717, 1.165) is 45.6 Å². The number of β-amino-alcohol motifs (C(OH)–C–C–N with tert-alkyl or cyclic N) is 1. The molecule has 20 heavy (non-hydrogen) atoms. The van der Waals surface area contributed by atoms with Gasteiger partial charge in [-0.2, -0.15) is 0 Å². The van der Waals surface area contributed by atoms with Crippen LogP contribution in [-0.2, 0) is 0 Å². The number of hydrogen-bond donors (Lipinski definition) is 2. The van der Waals surface area contributed by atoms with E-state index in [9.17, 15) is 0 Å². The standard InChI is InChI=1S/C16H27N3O/c1-2-15(17)14-6-3-4-7-16(14)19-9-5-8-18(10-11-19)12-13-20/h3-4,6-7,15,20H,2,5,8-13,17H2,1H3/t15-/m1/s1. The summed E-state index contributed by atoms with van der Waals surface area (Å²) in [5, 5.41) is 9.07. The number of aliphatic hydroxyl groups is 1. The number of benzene rings is 1. The van der Waals surface area contributed by atoms with Crippen LogP contribution in [0.5, 0.6) is 0 Å². The molecule has 1 aromatic rings. The van der Waals surface area contributed by atoms with Crippen molar-refractivity contribution in [2.75, 3.05) is 44.2 Å². The number of anilines is 1. The van der Waals surface area contributed by atoms with Crippen molar-refractivity contribution < 1.29 is 5.11 Å². The topological polar surface area (TPSA) is 52.7 Å². The fourth-order valence-electron chi connectivity index (χ4n) is 2.89. The summed E-state index contributed by atoms with van der Waals surface area (Å²) in [7, 11) is 0. The molecule has 0 amide bonds. The number of aliphatic hydroxyl groups excluding tert-OH is 1. The molecule has 0 spiro atoms. The second-order valence-corrected chi connectivity index (χ2v) is 5.48. The molecule has 1 heterocycles. The Kier molecular flexibility index (Phi) is 5.83. The zero-order valence-electron chi connectivity index (χ0n) is 12.5. The molecule has 112 valence electrons. The van der Waals surface area contributed by atoms with Crippen LogP contribution in [0.4, 0.5) is 5.69 Å². The predicted octanol–water partition coefficient (Wildman–Crippen LogP) is 1.60. The molecule has 0 aliphatic carbocycles. The molecule has 0 radical (unpaired) electrons. The van der Waals surface area contributed by atoms with Gasteiger partial charge in [0.25, 0.3) is 0 Å². The van der Waals surface area contributed by atoms with Gasteiger partial charge < -0.3 is 15.7 Å². The smallest absolute Gasteiger partial charge is 0.0558 e. The van der Waals surface area contributed by atoms with E-state index in [1.165, 1.54) is 11.3 Å². The summed E-state index contributed by atoms with van der Waals surface area (Å²) in [6, 6.07) is 8.62. The molecule has 1 aromatic carbocycles. The summed E-state index contributed by atoms with van der Waals surface area (Å²) in [6.07, 6.45) is 2.09. The quantitative estimate of drug-likeness (QED) is 0.858. The highest BCUT2D eigenvalue weighted by molar-refractivity contribution is 5.55. The molecule has 2 rings (SSSR count). The highest BCUT2D eigenvalue weighted by atomic mass is 16.3. The van der Waals surface area contributed by atoms with Crippen molar-refractivity contribution in [1.82, 2.24) is 4.90 Å². The van der Waals surface area contributed by atoms with Crippen molar-refractivity contribution in [2.45, 2.75) is 25.8 Å². The first-order valence-electron chi connectivity index (χ1n) is 7.69. The summed E-state index contributed by atoms with van der Waals surface area (Å²) < 4.78 is 0. The Labute approximate surface area is 122 Å². The Hall–Kier alpha value is -1.10. The molecule has 4 nitrogen and oxygen atoms in total. The minimum absolute atomic E-state index is 0.114. The third kappa shape index (κ3) is 3.72. The number of hydrogen-bond acceptors (Lipinski definition) is 4. The lowest BCUT2D eigenvalue weighted by molar-refractivity contribution is 0.204. The monoisotopic (exact) mass is 277 g/mol. The molecule has 1 aliphatic heterocycles. The first-order valence-corrected chi connectivity index (χ1v) is 7.69. The average Bonchev–Trinajstić information content (AvgIpc) is 2.72. The summed E-state index contributed by atoms with van der Waals surface area (Å²) in [5.41, 5.74) is 8.79. The minimum Gasteiger partial charge on any atom is -0.395 e. The van der Waals surface area contributed by atoms with Crippen molar-refractivity contribution in [2.24, 2.45) is 5.73 Å². The van der Waals surface area contributed by atoms with E-state index in [-0.39, 0.29) is 12.6 Å². The summed E-state index contributed by atoms with van der Waals surface area (Å²) in [5.74, 6) is 0. The zero-order chi connectivity index (χ0) is 14.4. The van der Waals surface area contributed by atoms with Crippen LogP contribution >= 0.6 is 0 Å². The zero-order valence-corrected chi connectivity index (χ0v) is 12.5. The highest BCUT2D eigenvalue weighted by Crippen LogP contribution is 2.27. The maximum atomic E-state index is 9.07. The van der Waals surface area contributed by atoms with Crippen molar-refractivity contribution in [3.63, 3.8) is 0 Å². The molecule has 0 unspecified atom stereocenters. The van der Waals surface area contributed by atoms with Crippen LogP contribution in [0, 0.1) is 0 Å². The average molecular weight is 277 g/mol. The van der Waals surface area contributed by atoms with E-state index in [2.05, 4.69) is 41.0 Å². The Bertz CT molecular complexity index is 410. The lowest BCUT2D eigenvalue weighted by Gasteiger charge is -2.27. The minimum atomic E-state index is 0.114. The van der Waals surface area contributed by atoms with Gasteiger partial charge in [0.05, 0.1) is 6.61 Å². The van der Waals surface area contributed by atoms with Crippen molar-refractivity contribution >= 4 is 5.69 Å². The summed E-state index contributed by atoms with van der Waals surface area (Å²) in [4.78, 5) is 4.78. The summed E-state index contributed by atoms with van der Waals surface area (Å²) >= 11 is 0. The second-order valence-electron chi connectivity index (χ2n) is 5.48. The first kappa shape index (κ1) is 15.3. The molecule has 1 saturated heterocycles. The van der Waals surface area contributed by atoms with Crippen LogP contribution in [0.15, 0.2) is 24.3 Å². The van der Waals surface area contributed by atoms with E-state index in [4.69, 9.17) is 10.8 Å². The van der Waals surface area contributed by atoms with Gasteiger partial charge in [0.2, 0.25) is 0 Å². The number of rotatable bonds is 5. The molecular weight excluding hydrogens is 250 g/mol. The largest absolute Gasteiger partial charge is 0.395 e. The van der Waals surface area contributed by atoms with Crippen LogP contribution < -0.4 is 10.6 Å². The van der Waals surface area contributed by atoms with E-state index in [1.807, 2.05) is 0 Å². The van der Waals surface area contributed by atoms with Crippen LogP contribution in [0.2, 0.25) is 0 Å². The fraction of sp³-hybridized carbons (Fsp3) is 0.625.